The molecule has 0 fully saturated rings. The number of anilines is 1. The molecular weight excluding hydrogens is 462 g/mol. The minimum Gasteiger partial charge on any atom is -0.465 e. The van der Waals surface area contributed by atoms with Crippen molar-refractivity contribution in [1.82, 2.24) is 0 Å². The molecule has 4 nitrogen and oxygen atoms in total. The van der Waals surface area contributed by atoms with Gasteiger partial charge in [0.2, 0.25) is 0 Å². The second kappa shape index (κ2) is 7.60. The number of benzene rings is 2. The van der Waals surface area contributed by atoms with Crippen molar-refractivity contribution in [3.63, 3.8) is 0 Å². The van der Waals surface area contributed by atoms with Crippen LogP contribution in [0.1, 0.15) is 12.5 Å². The van der Waals surface area contributed by atoms with Gasteiger partial charge in [-0.05, 0) is 48.9 Å². The van der Waals surface area contributed by atoms with Crippen molar-refractivity contribution in [2.24, 2.45) is 0 Å². The lowest BCUT2D eigenvalue weighted by molar-refractivity contribution is -0.136. The highest BCUT2D eigenvalue weighted by Crippen LogP contribution is 2.36. The number of allylic oxidation sites excluding steroid dienone is 1. The number of hydrogen-bond donors (Lipinski definition) is 0. The number of nitrogens with zero attached hydrogens (tertiary/aromatic N) is 1. The average molecular weight is 477 g/mol. The lowest BCUT2D eigenvalue weighted by Crippen LogP contribution is -2.24. The summed E-state index contributed by atoms with van der Waals surface area (Å²) in [7, 11) is 1.31. The summed E-state index contributed by atoms with van der Waals surface area (Å²) in [5.41, 5.74) is 2.62. The van der Waals surface area contributed by atoms with Crippen LogP contribution in [0.2, 0.25) is 0 Å². The fourth-order valence-electron chi connectivity index (χ4n) is 2.83. The van der Waals surface area contributed by atoms with E-state index in [4.69, 9.17) is 4.74 Å². The number of halogens is 2. The number of carbonyl (C=O) groups is 2. The van der Waals surface area contributed by atoms with E-state index in [2.05, 4.69) is 31.9 Å². The molecule has 1 heterocycles. The number of methoxy groups -OCH3 is 1. The van der Waals surface area contributed by atoms with E-state index in [1.165, 1.54) is 12.0 Å². The summed E-state index contributed by atoms with van der Waals surface area (Å²) >= 11 is 6.86. The van der Waals surface area contributed by atoms with Gasteiger partial charge >= 0.3 is 5.97 Å². The molecule has 0 spiro atoms. The minimum absolute atomic E-state index is 0.263. The number of amides is 1. The van der Waals surface area contributed by atoms with Crippen molar-refractivity contribution in [1.29, 1.82) is 0 Å². The van der Waals surface area contributed by atoms with Gasteiger partial charge in [0.05, 0.1) is 18.3 Å². The van der Waals surface area contributed by atoms with Gasteiger partial charge in [0.25, 0.3) is 5.91 Å². The van der Waals surface area contributed by atoms with Crippen molar-refractivity contribution in [2.75, 3.05) is 12.0 Å². The van der Waals surface area contributed by atoms with Gasteiger partial charge in [0.15, 0.2) is 0 Å². The molecule has 2 aromatic carbocycles. The zero-order valence-electron chi connectivity index (χ0n) is 14.1. The third-order valence-corrected chi connectivity index (χ3v) is 5.33. The maximum Gasteiger partial charge on any atom is 0.340 e. The summed E-state index contributed by atoms with van der Waals surface area (Å²) in [4.78, 5) is 27.0. The van der Waals surface area contributed by atoms with Gasteiger partial charge in [-0.2, -0.15) is 0 Å². The standard InChI is InChI=1S/C20H15Br2NO3/c1-12-18(20(25)26-2)16(11-13-5-3-4-6-17(13)22)19(24)23(12)15-9-7-14(21)8-10-15/h3-11H,1-2H3/b16-11-. The molecular formula is C20H15Br2NO3. The second-order valence-corrected chi connectivity index (χ2v) is 7.42. The Morgan fingerprint density at radius 1 is 1.08 bits per heavy atom. The topological polar surface area (TPSA) is 46.6 Å². The molecule has 1 aliphatic rings. The van der Waals surface area contributed by atoms with Crippen LogP contribution in [0.25, 0.3) is 6.08 Å². The third-order valence-electron chi connectivity index (χ3n) is 4.08. The molecule has 0 saturated heterocycles. The molecule has 0 bridgehead atoms. The molecule has 0 saturated carbocycles. The van der Waals surface area contributed by atoms with Gasteiger partial charge in [-0.15, -0.1) is 0 Å². The Hall–Kier alpha value is -2.18. The molecule has 0 aromatic heterocycles. The Kier molecular flexibility index (Phi) is 5.44. The van der Waals surface area contributed by atoms with Crippen LogP contribution in [0, 0.1) is 0 Å². The number of esters is 1. The van der Waals surface area contributed by atoms with Crippen LogP contribution in [0.4, 0.5) is 5.69 Å². The van der Waals surface area contributed by atoms with Crippen LogP contribution in [-0.2, 0) is 14.3 Å². The van der Waals surface area contributed by atoms with Crippen LogP contribution in [-0.4, -0.2) is 19.0 Å². The van der Waals surface area contributed by atoms with Crippen molar-refractivity contribution in [3.8, 4) is 0 Å². The minimum atomic E-state index is -0.534. The first kappa shape index (κ1) is 18.6. The molecule has 0 N–H and O–H groups in total. The molecule has 132 valence electrons. The fourth-order valence-corrected chi connectivity index (χ4v) is 3.49. The summed E-state index contributed by atoms with van der Waals surface area (Å²) in [6.07, 6.45) is 1.71. The monoisotopic (exact) mass is 475 g/mol. The molecule has 6 heteroatoms. The highest BCUT2D eigenvalue weighted by atomic mass is 79.9. The lowest BCUT2D eigenvalue weighted by Gasteiger charge is -2.18. The predicted molar refractivity (Wildman–Crippen MR) is 108 cm³/mol. The number of ether oxygens (including phenoxy) is 1. The Labute approximate surface area is 168 Å². The molecule has 1 aliphatic heterocycles. The van der Waals surface area contributed by atoms with Crippen LogP contribution in [0.5, 0.6) is 0 Å². The number of carbonyl (C=O) groups excluding carboxylic acids is 2. The Morgan fingerprint density at radius 2 is 1.73 bits per heavy atom. The van der Waals surface area contributed by atoms with Gasteiger partial charge in [-0.25, -0.2) is 4.79 Å². The van der Waals surface area contributed by atoms with Gasteiger partial charge in [-0.1, -0.05) is 50.1 Å². The highest BCUT2D eigenvalue weighted by Gasteiger charge is 2.37. The smallest absolute Gasteiger partial charge is 0.340 e. The molecule has 3 rings (SSSR count). The van der Waals surface area contributed by atoms with E-state index in [9.17, 15) is 9.59 Å². The van der Waals surface area contributed by atoms with Crippen molar-refractivity contribution >= 4 is 55.5 Å². The molecule has 0 atom stereocenters. The van der Waals surface area contributed by atoms with Crippen LogP contribution < -0.4 is 4.90 Å². The Morgan fingerprint density at radius 3 is 2.35 bits per heavy atom. The average Bonchev–Trinajstić information content (AvgIpc) is 2.87. The van der Waals surface area contributed by atoms with Crippen molar-refractivity contribution in [2.45, 2.75) is 6.92 Å². The largest absolute Gasteiger partial charge is 0.465 e. The zero-order chi connectivity index (χ0) is 18.8. The van der Waals surface area contributed by atoms with E-state index in [1.54, 1.807) is 13.0 Å². The van der Waals surface area contributed by atoms with E-state index in [1.807, 2.05) is 48.5 Å². The highest BCUT2D eigenvalue weighted by molar-refractivity contribution is 9.10. The lowest BCUT2D eigenvalue weighted by atomic mass is 10.0. The SMILES string of the molecule is COC(=O)C1=C(C)N(c2ccc(Br)cc2)C(=O)/C1=C\c1ccccc1Br. The van der Waals surface area contributed by atoms with E-state index in [-0.39, 0.29) is 11.5 Å². The number of hydrogen-bond acceptors (Lipinski definition) is 3. The molecule has 26 heavy (non-hydrogen) atoms. The first-order valence-corrected chi connectivity index (χ1v) is 9.38. The molecule has 1 amide bonds. The van der Waals surface area contributed by atoms with E-state index >= 15 is 0 Å². The molecule has 0 unspecified atom stereocenters. The van der Waals surface area contributed by atoms with E-state index < -0.39 is 5.97 Å². The Bertz CT molecular complexity index is 946. The molecule has 2 aromatic rings. The maximum atomic E-state index is 13.1. The normalized spacial score (nSPS) is 15.8. The summed E-state index contributed by atoms with van der Waals surface area (Å²) < 4.78 is 6.66. The molecule has 0 radical (unpaired) electrons. The van der Waals surface area contributed by atoms with Crippen LogP contribution >= 0.6 is 31.9 Å². The van der Waals surface area contributed by atoms with Gasteiger partial charge in [0.1, 0.15) is 0 Å². The zero-order valence-corrected chi connectivity index (χ0v) is 17.3. The summed E-state index contributed by atoms with van der Waals surface area (Å²) in [6.45, 7) is 1.74. The maximum absolute atomic E-state index is 13.1. The molecule has 0 aliphatic carbocycles. The van der Waals surface area contributed by atoms with Gasteiger partial charge < -0.3 is 4.74 Å². The summed E-state index contributed by atoms with van der Waals surface area (Å²) in [5.74, 6) is -0.797. The van der Waals surface area contributed by atoms with Crippen molar-refractivity contribution in [3.05, 3.63) is 79.9 Å². The quantitative estimate of drug-likeness (QED) is 0.458. The van der Waals surface area contributed by atoms with Gasteiger partial charge in [-0.3, -0.25) is 9.69 Å². The van der Waals surface area contributed by atoms with Crippen molar-refractivity contribution < 1.29 is 14.3 Å². The fraction of sp³-hybridized carbons (Fsp3) is 0.100. The predicted octanol–water partition coefficient (Wildman–Crippen LogP) is 5.09. The first-order chi connectivity index (χ1) is 12.4. The third kappa shape index (κ3) is 3.39. The van der Waals surface area contributed by atoms with Gasteiger partial charge in [0, 0.05) is 20.3 Å². The summed E-state index contributed by atoms with van der Waals surface area (Å²) in [6, 6.07) is 14.9. The second-order valence-electron chi connectivity index (χ2n) is 5.65. The van der Waals surface area contributed by atoms with E-state index in [0.717, 1.165) is 14.5 Å². The van der Waals surface area contributed by atoms with Crippen LogP contribution in [0.3, 0.4) is 0 Å². The first-order valence-electron chi connectivity index (χ1n) is 7.80. The number of rotatable bonds is 3. The Balaban J connectivity index is 2.15. The van der Waals surface area contributed by atoms with Crippen LogP contribution in [0.15, 0.2) is 74.3 Å². The van der Waals surface area contributed by atoms with E-state index in [0.29, 0.717) is 17.0 Å². The summed E-state index contributed by atoms with van der Waals surface area (Å²) in [5, 5.41) is 0.